The van der Waals surface area contributed by atoms with Crippen LogP contribution in [0.25, 0.3) is 34.3 Å². The third-order valence-electron chi connectivity index (χ3n) is 6.43. The van der Waals surface area contributed by atoms with Gasteiger partial charge in [0.1, 0.15) is 6.07 Å². The van der Waals surface area contributed by atoms with Crippen molar-refractivity contribution in [1.82, 2.24) is 24.5 Å². The molecule has 1 fully saturated rings. The van der Waals surface area contributed by atoms with Crippen molar-refractivity contribution >= 4 is 17.6 Å². The van der Waals surface area contributed by atoms with Crippen LogP contribution in [0.3, 0.4) is 0 Å². The molecular formula is C30H25N7O. The van der Waals surface area contributed by atoms with Gasteiger partial charge in [0.25, 0.3) is 0 Å². The number of para-hydroxylation sites is 2. The molecule has 3 heterocycles. The van der Waals surface area contributed by atoms with Gasteiger partial charge >= 0.3 is 0 Å². The predicted octanol–water partition coefficient (Wildman–Crippen LogP) is 5.02. The fraction of sp³-hybridized carbons (Fsp3) is 0.133. The molecule has 2 aromatic heterocycles. The molecule has 1 aliphatic rings. The largest absolute Gasteiger partial charge is 0.378 e. The van der Waals surface area contributed by atoms with E-state index in [1.54, 1.807) is 0 Å². The summed E-state index contributed by atoms with van der Waals surface area (Å²) in [7, 11) is 0. The van der Waals surface area contributed by atoms with E-state index in [4.69, 9.17) is 9.84 Å². The molecule has 0 radical (unpaired) electrons. The van der Waals surface area contributed by atoms with E-state index in [9.17, 15) is 5.26 Å². The first-order chi connectivity index (χ1) is 18.8. The Morgan fingerprint density at radius 2 is 1.45 bits per heavy atom. The number of aromatic nitrogens is 5. The molecule has 0 spiro atoms. The van der Waals surface area contributed by atoms with E-state index in [-0.39, 0.29) is 0 Å². The second-order valence-corrected chi connectivity index (χ2v) is 8.84. The van der Waals surface area contributed by atoms with Gasteiger partial charge in [0, 0.05) is 30.4 Å². The van der Waals surface area contributed by atoms with Crippen molar-refractivity contribution in [3.05, 3.63) is 109 Å². The highest BCUT2D eigenvalue weighted by Crippen LogP contribution is 2.30. The average molecular weight is 500 g/mol. The summed E-state index contributed by atoms with van der Waals surface area (Å²) in [4.78, 5) is 2.14. The number of ether oxygens (including phenoxy) is 1. The average Bonchev–Trinajstić information content (AvgIpc) is 3.63. The van der Waals surface area contributed by atoms with Gasteiger partial charge in [-0.15, -0.1) is 10.2 Å². The Labute approximate surface area is 220 Å². The van der Waals surface area contributed by atoms with Crippen molar-refractivity contribution in [2.75, 3.05) is 31.2 Å². The van der Waals surface area contributed by atoms with Crippen LogP contribution in [-0.4, -0.2) is 50.8 Å². The highest BCUT2D eigenvalue weighted by molar-refractivity contribution is 5.91. The lowest BCUT2D eigenvalue weighted by molar-refractivity contribution is 0.122. The minimum Gasteiger partial charge on any atom is -0.378 e. The molecule has 0 bridgehead atoms. The van der Waals surface area contributed by atoms with Gasteiger partial charge in [0.15, 0.2) is 5.82 Å². The summed E-state index contributed by atoms with van der Waals surface area (Å²) in [6.07, 6.45) is 3.79. The van der Waals surface area contributed by atoms with Crippen molar-refractivity contribution in [3.63, 3.8) is 0 Å². The summed E-state index contributed by atoms with van der Waals surface area (Å²) in [6, 6.07) is 32.2. The molecular weight excluding hydrogens is 474 g/mol. The van der Waals surface area contributed by atoms with Gasteiger partial charge in [-0.05, 0) is 30.3 Å². The SMILES string of the molecule is N#CC(=Cc1cn(-c2ccccc2)nc1-c1ccccc1)c1nnc(N2CCOCC2)n1-c1ccccc1. The van der Waals surface area contributed by atoms with Crippen LogP contribution in [0.5, 0.6) is 0 Å². The zero-order valence-corrected chi connectivity index (χ0v) is 20.7. The lowest BCUT2D eigenvalue weighted by Crippen LogP contribution is -2.38. The standard InChI is InChI=1S/C30H25N7O/c31-21-24(29-32-33-30(35-16-18-38-19-17-35)37(29)27-14-8-3-9-15-27)20-25-22-36(26-12-6-2-7-13-26)34-28(25)23-10-4-1-5-11-23/h1-15,20,22H,16-19H2. The molecule has 0 atom stereocenters. The Kier molecular flexibility index (Phi) is 6.49. The predicted molar refractivity (Wildman–Crippen MR) is 147 cm³/mol. The minimum atomic E-state index is 0.394. The zero-order chi connectivity index (χ0) is 25.7. The van der Waals surface area contributed by atoms with E-state index in [0.717, 1.165) is 28.2 Å². The highest BCUT2D eigenvalue weighted by Gasteiger charge is 2.24. The maximum Gasteiger partial charge on any atom is 0.232 e. The quantitative estimate of drug-likeness (QED) is 0.305. The molecule has 0 amide bonds. The first kappa shape index (κ1) is 23.4. The lowest BCUT2D eigenvalue weighted by Gasteiger charge is -2.28. The molecule has 5 aromatic rings. The Morgan fingerprint density at radius 3 is 2.11 bits per heavy atom. The monoisotopic (exact) mass is 499 g/mol. The van der Waals surface area contributed by atoms with Gasteiger partial charge in [-0.1, -0.05) is 66.7 Å². The van der Waals surface area contributed by atoms with E-state index >= 15 is 0 Å². The molecule has 8 nitrogen and oxygen atoms in total. The molecule has 0 N–H and O–H groups in total. The maximum atomic E-state index is 10.4. The fourth-order valence-corrected chi connectivity index (χ4v) is 4.56. The van der Waals surface area contributed by atoms with Crippen molar-refractivity contribution < 1.29 is 4.74 Å². The Balaban J connectivity index is 1.51. The summed E-state index contributed by atoms with van der Waals surface area (Å²) in [6.45, 7) is 2.66. The Bertz CT molecular complexity index is 1590. The number of anilines is 1. The number of hydrogen-bond acceptors (Lipinski definition) is 6. The van der Waals surface area contributed by atoms with Crippen molar-refractivity contribution in [1.29, 1.82) is 5.26 Å². The van der Waals surface area contributed by atoms with Gasteiger partial charge in [-0.3, -0.25) is 4.57 Å². The number of rotatable bonds is 6. The van der Waals surface area contributed by atoms with Crippen molar-refractivity contribution in [3.8, 4) is 28.7 Å². The van der Waals surface area contributed by atoms with Crippen LogP contribution in [0.1, 0.15) is 11.4 Å². The first-order valence-electron chi connectivity index (χ1n) is 12.5. The topological polar surface area (TPSA) is 84.8 Å². The number of morpholine rings is 1. The lowest BCUT2D eigenvalue weighted by atomic mass is 10.1. The Hall–Kier alpha value is -5.00. The third kappa shape index (κ3) is 4.59. The number of nitriles is 1. The molecule has 0 saturated carbocycles. The molecule has 8 heteroatoms. The second kappa shape index (κ2) is 10.5. The first-order valence-corrected chi connectivity index (χ1v) is 12.5. The van der Waals surface area contributed by atoms with E-state index in [2.05, 4.69) is 21.2 Å². The normalized spacial score (nSPS) is 13.9. The van der Waals surface area contributed by atoms with E-state index in [1.807, 2.05) is 113 Å². The van der Waals surface area contributed by atoms with E-state index in [0.29, 0.717) is 43.6 Å². The van der Waals surface area contributed by atoms with Crippen LogP contribution in [0.2, 0.25) is 0 Å². The number of allylic oxidation sites excluding steroid dienone is 1. The zero-order valence-electron chi connectivity index (χ0n) is 20.7. The minimum absolute atomic E-state index is 0.394. The van der Waals surface area contributed by atoms with Gasteiger partial charge in [0.2, 0.25) is 5.95 Å². The van der Waals surface area contributed by atoms with E-state index in [1.165, 1.54) is 0 Å². The van der Waals surface area contributed by atoms with Crippen LogP contribution in [0.15, 0.2) is 97.2 Å². The van der Waals surface area contributed by atoms with Crippen LogP contribution in [-0.2, 0) is 4.74 Å². The summed E-state index contributed by atoms with van der Waals surface area (Å²) in [5.74, 6) is 1.17. The molecule has 0 aliphatic carbocycles. The smallest absolute Gasteiger partial charge is 0.232 e. The molecule has 6 rings (SSSR count). The molecule has 0 unspecified atom stereocenters. The molecule has 186 valence electrons. The molecule has 3 aromatic carbocycles. The summed E-state index contributed by atoms with van der Waals surface area (Å²) in [5, 5.41) is 24.3. The van der Waals surface area contributed by atoms with Gasteiger partial charge < -0.3 is 9.64 Å². The number of nitrogens with zero attached hydrogens (tertiary/aromatic N) is 7. The number of hydrogen-bond donors (Lipinski definition) is 0. The maximum absolute atomic E-state index is 10.4. The van der Waals surface area contributed by atoms with E-state index < -0.39 is 0 Å². The third-order valence-corrected chi connectivity index (χ3v) is 6.43. The molecule has 1 saturated heterocycles. The van der Waals surface area contributed by atoms with Crippen LogP contribution >= 0.6 is 0 Å². The van der Waals surface area contributed by atoms with Gasteiger partial charge in [-0.25, -0.2) is 4.68 Å². The van der Waals surface area contributed by atoms with Crippen LogP contribution in [0.4, 0.5) is 5.95 Å². The summed E-state index contributed by atoms with van der Waals surface area (Å²) < 4.78 is 9.33. The van der Waals surface area contributed by atoms with Crippen LogP contribution < -0.4 is 4.90 Å². The van der Waals surface area contributed by atoms with Crippen molar-refractivity contribution in [2.24, 2.45) is 0 Å². The summed E-state index contributed by atoms with van der Waals surface area (Å²) >= 11 is 0. The second-order valence-electron chi connectivity index (χ2n) is 8.84. The molecule has 38 heavy (non-hydrogen) atoms. The summed E-state index contributed by atoms with van der Waals surface area (Å²) in [5.41, 5.74) is 4.77. The van der Waals surface area contributed by atoms with Gasteiger partial charge in [0.05, 0.1) is 35.9 Å². The molecule has 1 aliphatic heterocycles. The van der Waals surface area contributed by atoms with Gasteiger partial charge in [-0.2, -0.15) is 10.4 Å². The number of benzene rings is 3. The fourth-order valence-electron chi connectivity index (χ4n) is 4.56. The van der Waals surface area contributed by atoms with Crippen LogP contribution in [0, 0.1) is 11.3 Å². The Morgan fingerprint density at radius 1 is 0.816 bits per heavy atom. The highest BCUT2D eigenvalue weighted by atomic mass is 16.5. The van der Waals surface area contributed by atoms with Crippen molar-refractivity contribution in [2.45, 2.75) is 0 Å².